The van der Waals surface area contributed by atoms with Gasteiger partial charge in [-0.3, -0.25) is 9.59 Å². The fraction of sp³-hybridized carbons (Fsp3) is 0.222. The Kier molecular flexibility index (Phi) is 5.46. The molecule has 0 atom stereocenters. The third kappa shape index (κ3) is 4.64. The van der Waals surface area contributed by atoms with Gasteiger partial charge in [0.15, 0.2) is 0 Å². The van der Waals surface area contributed by atoms with Gasteiger partial charge in [0.25, 0.3) is 5.91 Å². The molecule has 0 radical (unpaired) electrons. The van der Waals surface area contributed by atoms with Crippen LogP contribution in [0, 0.1) is 5.82 Å². The molecule has 2 aromatic rings. The average Bonchev–Trinajstić information content (AvgIpc) is 2.51. The van der Waals surface area contributed by atoms with Crippen LogP contribution in [-0.2, 0) is 11.3 Å². The molecule has 2 rings (SSSR count). The summed E-state index contributed by atoms with van der Waals surface area (Å²) in [6.45, 7) is 4.11. The van der Waals surface area contributed by atoms with Crippen molar-refractivity contribution in [3.63, 3.8) is 0 Å². The van der Waals surface area contributed by atoms with Gasteiger partial charge in [-0.1, -0.05) is 18.2 Å². The van der Waals surface area contributed by atoms with Gasteiger partial charge in [-0.25, -0.2) is 4.39 Å². The van der Waals surface area contributed by atoms with Crippen molar-refractivity contribution in [3.05, 3.63) is 65.5 Å². The van der Waals surface area contributed by atoms with Crippen molar-refractivity contribution in [2.75, 3.05) is 11.9 Å². The summed E-state index contributed by atoms with van der Waals surface area (Å²) in [6.07, 6.45) is 0. The molecule has 0 aliphatic rings. The molecule has 4 nitrogen and oxygen atoms in total. The number of carbonyl (C=O) groups excluding carboxylic acids is 2. The van der Waals surface area contributed by atoms with E-state index in [9.17, 15) is 14.0 Å². The first kappa shape index (κ1) is 16.7. The maximum Gasteiger partial charge on any atom is 0.254 e. The number of rotatable bonds is 5. The van der Waals surface area contributed by atoms with E-state index >= 15 is 0 Å². The van der Waals surface area contributed by atoms with Gasteiger partial charge in [0.2, 0.25) is 5.91 Å². The topological polar surface area (TPSA) is 49.4 Å². The van der Waals surface area contributed by atoms with Crippen molar-refractivity contribution in [2.24, 2.45) is 0 Å². The Labute approximate surface area is 134 Å². The zero-order chi connectivity index (χ0) is 16.8. The van der Waals surface area contributed by atoms with E-state index in [1.54, 1.807) is 41.3 Å². The first-order valence-corrected chi connectivity index (χ1v) is 7.41. The molecule has 0 spiro atoms. The second-order valence-electron chi connectivity index (χ2n) is 5.21. The molecule has 2 amide bonds. The molecule has 0 heterocycles. The molecule has 120 valence electrons. The Morgan fingerprint density at radius 3 is 2.52 bits per heavy atom. The molecule has 23 heavy (non-hydrogen) atoms. The average molecular weight is 314 g/mol. The largest absolute Gasteiger partial charge is 0.335 e. The predicted octanol–water partition coefficient (Wildman–Crippen LogP) is 3.45. The van der Waals surface area contributed by atoms with Gasteiger partial charge in [0.05, 0.1) is 0 Å². The zero-order valence-electron chi connectivity index (χ0n) is 13.2. The minimum absolute atomic E-state index is 0.163. The summed E-state index contributed by atoms with van der Waals surface area (Å²) >= 11 is 0. The number of nitrogens with zero attached hydrogens (tertiary/aromatic N) is 1. The lowest BCUT2D eigenvalue weighted by molar-refractivity contribution is -0.114. The maximum atomic E-state index is 13.3. The van der Waals surface area contributed by atoms with Crippen molar-refractivity contribution < 1.29 is 14.0 Å². The Balaban J connectivity index is 2.17. The minimum atomic E-state index is -0.321. The normalized spacial score (nSPS) is 10.2. The van der Waals surface area contributed by atoms with Crippen molar-refractivity contribution in [1.29, 1.82) is 0 Å². The summed E-state index contributed by atoms with van der Waals surface area (Å²) in [6, 6.07) is 13.0. The highest BCUT2D eigenvalue weighted by Crippen LogP contribution is 2.15. The Bertz CT molecular complexity index is 716. The molecule has 0 fully saturated rings. The molecule has 5 heteroatoms. The fourth-order valence-electron chi connectivity index (χ4n) is 2.30. The summed E-state index contributed by atoms with van der Waals surface area (Å²) in [7, 11) is 0. The van der Waals surface area contributed by atoms with E-state index in [2.05, 4.69) is 5.32 Å². The lowest BCUT2D eigenvalue weighted by atomic mass is 10.1. The van der Waals surface area contributed by atoms with Crippen LogP contribution in [0.4, 0.5) is 10.1 Å². The maximum absolute atomic E-state index is 13.3. The van der Waals surface area contributed by atoms with Crippen LogP contribution in [0.25, 0.3) is 0 Å². The molecule has 0 aromatic heterocycles. The molecule has 0 saturated carbocycles. The quantitative estimate of drug-likeness (QED) is 0.919. The lowest BCUT2D eigenvalue weighted by Gasteiger charge is -2.21. The smallest absolute Gasteiger partial charge is 0.254 e. The molecule has 0 unspecified atom stereocenters. The zero-order valence-corrected chi connectivity index (χ0v) is 13.2. The summed E-state index contributed by atoms with van der Waals surface area (Å²) in [5, 5.41) is 2.65. The molecule has 1 N–H and O–H groups in total. The van der Waals surface area contributed by atoms with Gasteiger partial charge >= 0.3 is 0 Å². The molecular formula is C18H19FN2O2. The number of anilines is 1. The molecule has 0 aliphatic carbocycles. The summed E-state index contributed by atoms with van der Waals surface area (Å²) in [5.74, 6) is -0.677. The van der Waals surface area contributed by atoms with Crippen LogP contribution >= 0.6 is 0 Å². The number of amides is 2. The number of nitrogens with one attached hydrogen (secondary N) is 1. The minimum Gasteiger partial charge on any atom is -0.335 e. The summed E-state index contributed by atoms with van der Waals surface area (Å²) < 4.78 is 13.3. The van der Waals surface area contributed by atoms with Crippen LogP contribution in [-0.4, -0.2) is 23.3 Å². The molecular weight excluding hydrogens is 295 g/mol. The van der Waals surface area contributed by atoms with Crippen LogP contribution in [0.2, 0.25) is 0 Å². The fourth-order valence-corrected chi connectivity index (χ4v) is 2.30. The van der Waals surface area contributed by atoms with E-state index in [-0.39, 0.29) is 17.6 Å². The van der Waals surface area contributed by atoms with E-state index < -0.39 is 0 Å². The molecule has 0 saturated heterocycles. The van der Waals surface area contributed by atoms with E-state index in [0.717, 1.165) is 5.56 Å². The van der Waals surface area contributed by atoms with E-state index in [0.29, 0.717) is 24.3 Å². The van der Waals surface area contributed by atoms with Crippen LogP contribution in [0.1, 0.15) is 29.8 Å². The van der Waals surface area contributed by atoms with Crippen molar-refractivity contribution in [1.82, 2.24) is 4.90 Å². The number of carbonyl (C=O) groups is 2. The Morgan fingerprint density at radius 1 is 1.13 bits per heavy atom. The first-order valence-electron chi connectivity index (χ1n) is 7.41. The van der Waals surface area contributed by atoms with Crippen molar-refractivity contribution in [3.8, 4) is 0 Å². The Morgan fingerprint density at radius 2 is 1.87 bits per heavy atom. The number of halogens is 1. The summed E-state index contributed by atoms with van der Waals surface area (Å²) in [4.78, 5) is 25.4. The monoisotopic (exact) mass is 314 g/mol. The van der Waals surface area contributed by atoms with Crippen molar-refractivity contribution >= 4 is 17.5 Å². The first-order chi connectivity index (χ1) is 11.0. The number of hydrogen-bond acceptors (Lipinski definition) is 2. The SMILES string of the molecule is CCN(Cc1cccc(F)c1)C(=O)c1cccc(NC(C)=O)c1. The lowest BCUT2D eigenvalue weighted by Crippen LogP contribution is -2.30. The van der Waals surface area contributed by atoms with Gasteiger partial charge in [-0.15, -0.1) is 0 Å². The van der Waals surface area contributed by atoms with Crippen LogP contribution < -0.4 is 5.32 Å². The molecule has 2 aromatic carbocycles. The van der Waals surface area contributed by atoms with Gasteiger partial charge in [-0.05, 0) is 42.8 Å². The van der Waals surface area contributed by atoms with Gasteiger partial charge in [-0.2, -0.15) is 0 Å². The van der Waals surface area contributed by atoms with Crippen molar-refractivity contribution in [2.45, 2.75) is 20.4 Å². The molecule has 0 bridgehead atoms. The second kappa shape index (κ2) is 7.54. The van der Waals surface area contributed by atoms with E-state index in [1.807, 2.05) is 6.92 Å². The van der Waals surface area contributed by atoms with Crippen LogP contribution in [0.5, 0.6) is 0 Å². The third-order valence-corrected chi connectivity index (χ3v) is 3.36. The van der Waals surface area contributed by atoms with E-state index in [4.69, 9.17) is 0 Å². The molecule has 0 aliphatic heterocycles. The standard InChI is InChI=1S/C18H19FN2O2/c1-3-21(12-14-6-4-8-16(19)10-14)18(23)15-7-5-9-17(11-15)20-13(2)22/h4-11H,3,12H2,1-2H3,(H,20,22). The number of hydrogen-bond donors (Lipinski definition) is 1. The van der Waals surface area contributed by atoms with Crippen LogP contribution in [0.3, 0.4) is 0 Å². The van der Waals surface area contributed by atoms with Gasteiger partial charge in [0, 0.05) is 31.3 Å². The van der Waals surface area contributed by atoms with Gasteiger partial charge in [0.1, 0.15) is 5.82 Å². The third-order valence-electron chi connectivity index (χ3n) is 3.36. The Hall–Kier alpha value is -2.69. The highest BCUT2D eigenvalue weighted by atomic mass is 19.1. The van der Waals surface area contributed by atoms with E-state index in [1.165, 1.54) is 19.1 Å². The second-order valence-corrected chi connectivity index (χ2v) is 5.21. The predicted molar refractivity (Wildman–Crippen MR) is 87.6 cm³/mol. The highest BCUT2D eigenvalue weighted by molar-refractivity contribution is 5.96. The van der Waals surface area contributed by atoms with Crippen LogP contribution in [0.15, 0.2) is 48.5 Å². The summed E-state index contributed by atoms with van der Waals surface area (Å²) in [5.41, 5.74) is 1.79. The van der Waals surface area contributed by atoms with Gasteiger partial charge < -0.3 is 10.2 Å². The highest BCUT2D eigenvalue weighted by Gasteiger charge is 2.15. The number of benzene rings is 2.